The highest BCUT2D eigenvalue weighted by Crippen LogP contribution is 2.30. The summed E-state index contributed by atoms with van der Waals surface area (Å²) in [6, 6.07) is 25.1. The highest BCUT2D eigenvalue weighted by molar-refractivity contribution is 5.43. The van der Waals surface area contributed by atoms with Gasteiger partial charge in [0.1, 0.15) is 6.61 Å². The summed E-state index contributed by atoms with van der Waals surface area (Å²) in [5.41, 5.74) is 11.0. The molecule has 0 heterocycles. The smallest absolute Gasteiger partial charge is 0.161 e. The van der Waals surface area contributed by atoms with E-state index in [1.807, 2.05) is 24.3 Å². The van der Waals surface area contributed by atoms with E-state index in [0.29, 0.717) is 13.2 Å². The fraction of sp³-hybridized carbons (Fsp3) is 0.357. The van der Waals surface area contributed by atoms with Crippen molar-refractivity contribution in [3.05, 3.63) is 95.1 Å². The van der Waals surface area contributed by atoms with Crippen LogP contribution < -0.4 is 15.2 Å². The van der Waals surface area contributed by atoms with Gasteiger partial charge in [-0.3, -0.25) is 4.90 Å². The first-order valence-corrected chi connectivity index (χ1v) is 11.2. The van der Waals surface area contributed by atoms with Crippen LogP contribution in [0, 0.1) is 12.3 Å². The van der Waals surface area contributed by atoms with Crippen molar-refractivity contribution in [2.24, 2.45) is 11.1 Å². The van der Waals surface area contributed by atoms with Crippen molar-refractivity contribution in [1.82, 2.24) is 4.90 Å². The van der Waals surface area contributed by atoms with Gasteiger partial charge in [0.05, 0.1) is 7.11 Å². The molecule has 0 unspecified atom stereocenters. The number of rotatable bonds is 11. The standard InChI is InChI=1S/C28H36N2O2/c1-22-9-8-12-24(15-22)17-30(21-28(2,3)20-29)18-25-13-14-26(27(16-25)31-4)32-19-23-10-6-5-7-11-23/h5-16H,17-21,29H2,1-4H3. The Bertz CT molecular complexity index is 986. The maximum absolute atomic E-state index is 6.05. The van der Waals surface area contributed by atoms with E-state index in [2.05, 4.69) is 74.2 Å². The predicted octanol–water partition coefficient (Wildman–Crippen LogP) is 5.57. The van der Waals surface area contributed by atoms with Gasteiger partial charge < -0.3 is 15.2 Å². The Labute approximate surface area is 193 Å². The minimum Gasteiger partial charge on any atom is -0.493 e. The van der Waals surface area contributed by atoms with Crippen LogP contribution in [0.25, 0.3) is 0 Å². The van der Waals surface area contributed by atoms with Gasteiger partial charge in [-0.05, 0) is 47.7 Å². The number of nitrogens with two attached hydrogens (primary N) is 1. The molecule has 0 aromatic heterocycles. The average Bonchev–Trinajstić information content (AvgIpc) is 2.78. The predicted molar refractivity (Wildman–Crippen MR) is 132 cm³/mol. The quantitative estimate of drug-likeness (QED) is 0.430. The van der Waals surface area contributed by atoms with Crippen molar-refractivity contribution in [3.63, 3.8) is 0 Å². The lowest BCUT2D eigenvalue weighted by Gasteiger charge is -2.32. The SMILES string of the molecule is COc1cc(CN(Cc2cccc(C)c2)CC(C)(C)CN)ccc1OCc1ccccc1. The fourth-order valence-corrected chi connectivity index (χ4v) is 3.83. The molecule has 0 radical (unpaired) electrons. The van der Waals surface area contributed by atoms with Crippen molar-refractivity contribution in [1.29, 1.82) is 0 Å². The average molecular weight is 433 g/mol. The van der Waals surface area contributed by atoms with Crippen molar-refractivity contribution >= 4 is 0 Å². The lowest BCUT2D eigenvalue weighted by molar-refractivity contribution is 0.168. The molecule has 0 bridgehead atoms. The molecule has 3 rings (SSSR count). The number of ether oxygens (including phenoxy) is 2. The van der Waals surface area contributed by atoms with E-state index in [4.69, 9.17) is 15.2 Å². The van der Waals surface area contributed by atoms with Crippen molar-refractivity contribution in [3.8, 4) is 11.5 Å². The largest absolute Gasteiger partial charge is 0.493 e. The molecule has 0 saturated carbocycles. The first-order chi connectivity index (χ1) is 15.4. The van der Waals surface area contributed by atoms with E-state index in [1.54, 1.807) is 7.11 Å². The minimum atomic E-state index is 0.0344. The molecule has 0 atom stereocenters. The minimum absolute atomic E-state index is 0.0344. The van der Waals surface area contributed by atoms with Gasteiger partial charge >= 0.3 is 0 Å². The maximum atomic E-state index is 6.05. The lowest BCUT2D eigenvalue weighted by atomic mass is 9.92. The van der Waals surface area contributed by atoms with Gasteiger partial charge in [0, 0.05) is 19.6 Å². The van der Waals surface area contributed by atoms with Gasteiger partial charge in [0.15, 0.2) is 11.5 Å². The third kappa shape index (κ3) is 7.11. The van der Waals surface area contributed by atoms with E-state index < -0.39 is 0 Å². The third-order valence-corrected chi connectivity index (χ3v) is 5.56. The molecule has 4 nitrogen and oxygen atoms in total. The normalized spacial score (nSPS) is 11.6. The number of hydrogen-bond donors (Lipinski definition) is 1. The molecule has 0 fully saturated rings. The number of aryl methyl sites for hydroxylation is 1. The molecular formula is C28H36N2O2. The van der Waals surface area contributed by atoms with Crippen LogP contribution in [0.5, 0.6) is 11.5 Å². The molecule has 2 N–H and O–H groups in total. The van der Waals surface area contributed by atoms with Crippen LogP contribution >= 0.6 is 0 Å². The van der Waals surface area contributed by atoms with Crippen LogP contribution in [-0.4, -0.2) is 25.1 Å². The molecule has 0 amide bonds. The van der Waals surface area contributed by atoms with E-state index in [9.17, 15) is 0 Å². The van der Waals surface area contributed by atoms with Crippen LogP contribution in [0.4, 0.5) is 0 Å². The number of nitrogens with zero attached hydrogens (tertiary/aromatic N) is 1. The lowest BCUT2D eigenvalue weighted by Crippen LogP contribution is -2.38. The Morgan fingerprint density at radius 3 is 2.16 bits per heavy atom. The molecule has 4 heteroatoms. The first kappa shape index (κ1) is 23.8. The van der Waals surface area contributed by atoms with Gasteiger partial charge in [-0.25, -0.2) is 0 Å². The van der Waals surface area contributed by atoms with Crippen LogP contribution in [0.15, 0.2) is 72.8 Å². The molecule has 0 aliphatic rings. The molecule has 0 spiro atoms. The summed E-state index contributed by atoms with van der Waals surface area (Å²) in [5, 5.41) is 0. The van der Waals surface area contributed by atoms with E-state index >= 15 is 0 Å². The molecule has 170 valence electrons. The molecule has 0 saturated heterocycles. The van der Waals surface area contributed by atoms with Crippen molar-refractivity contribution in [2.75, 3.05) is 20.2 Å². The summed E-state index contributed by atoms with van der Waals surface area (Å²) in [6.45, 7) is 10.3. The maximum Gasteiger partial charge on any atom is 0.161 e. The Morgan fingerprint density at radius 1 is 0.812 bits per heavy atom. The van der Waals surface area contributed by atoms with Crippen LogP contribution in [-0.2, 0) is 19.7 Å². The number of benzene rings is 3. The zero-order valence-electron chi connectivity index (χ0n) is 19.8. The Hall–Kier alpha value is -2.82. The van der Waals surface area contributed by atoms with E-state index in [0.717, 1.165) is 36.7 Å². The highest BCUT2D eigenvalue weighted by atomic mass is 16.5. The summed E-state index contributed by atoms with van der Waals surface area (Å²) in [5.74, 6) is 1.51. The Kier molecular flexibility index (Phi) is 8.32. The van der Waals surface area contributed by atoms with Gasteiger partial charge in [0.25, 0.3) is 0 Å². The Morgan fingerprint density at radius 2 is 1.50 bits per heavy atom. The van der Waals surface area contributed by atoms with Crippen molar-refractivity contribution in [2.45, 2.75) is 40.5 Å². The zero-order valence-corrected chi connectivity index (χ0v) is 19.8. The number of hydrogen-bond acceptors (Lipinski definition) is 4. The van der Waals surface area contributed by atoms with Gasteiger partial charge in [-0.1, -0.05) is 80.1 Å². The van der Waals surface area contributed by atoms with Gasteiger partial charge in [0.2, 0.25) is 0 Å². The monoisotopic (exact) mass is 432 g/mol. The Balaban J connectivity index is 1.75. The van der Waals surface area contributed by atoms with E-state index in [1.165, 1.54) is 16.7 Å². The van der Waals surface area contributed by atoms with Gasteiger partial charge in [-0.2, -0.15) is 0 Å². The molecule has 0 aliphatic heterocycles. The molecule has 3 aromatic carbocycles. The summed E-state index contributed by atoms with van der Waals surface area (Å²) < 4.78 is 11.7. The summed E-state index contributed by atoms with van der Waals surface area (Å²) in [7, 11) is 1.69. The first-order valence-electron chi connectivity index (χ1n) is 11.2. The van der Waals surface area contributed by atoms with Crippen LogP contribution in [0.2, 0.25) is 0 Å². The molecular weight excluding hydrogens is 396 g/mol. The fourth-order valence-electron chi connectivity index (χ4n) is 3.83. The molecule has 32 heavy (non-hydrogen) atoms. The second-order valence-corrected chi connectivity index (χ2v) is 9.26. The second kappa shape index (κ2) is 11.2. The number of methoxy groups -OCH3 is 1. The van der Waals surface area contributed by atoms with Crippen LogP contribution in [0.3, 0.4) is 0 Å². The molecule has 0 aliphatic carbocycles. The highest BCUT2D eigenvalue weighted by Gasteiger charge is 2.21. The van der Waals surface area contributed by atoms with Gasteiger partial charge in [-0.15, -0.1) is 0 Å². The van der Waals surface area contributed by atoms with E-state index in [-0.39, 0.29) is 5.41 Å². The summed E-state index contributed by atoms with van der Waals surface area (Å²) in [6.07, 6.45) is 0. The zero-order chi connectivity index (χ0) is 23.0. The van der Waals surface area contributed by atoms with Crippen molar-refractivity contribution < 1.29 is 9.47 Å². The topological polar surface area (TPSA) is 47.7 Å². The third-order valence-electron chi connectivity index (χ3n) is 5.56. The summed E-state index contributed by atoms with van der Waals surface area (Å²) in [4.78, 5) is 2.46. The summed E-state index contributed by atoms with van der Waals surface area (Å²) >= 11 is 0. The molecule has 3 aromatic rings. The van der Waals surface area contributed by atoms with Crippen LogP contribution in [0.1, 0.15) is 36.1 Å². The second-order valence-electron chi connectivity index (χ2n) is 9.26.